The normalized spacial score (nSPS) is 10.7. The largest absolute Gasteiger partial charge is 0.375 e. The van der Waals surface area contributed by atoms with Crippen LogP contribution in [0.3, 0.4) is 0 Å². The predicted octanol–water partition coefficient (Wildman–Crippen LogP) is 1.90. The minimum atomic E-state index is -2.36. The summed E-state index contributed by atoms with van der Waals surface area (Å²) in [5, 5.41) is 0. The second-order valence-electron chi connectivity index (χ2n) is 1.51. The quantitative estimate of drug-likeness (QED) is 0.439. The number of rotatable bonds is 5. The zero-order valence-corrected chi connectivity index (χ0v) is 5.70. The summed E-state index contributed by atoms with van der Waals surface area (Å²) in [5.74, 6) is 0.462. The average Bonchev–Trinajstić information content (AvgIpc) is 1.80. The third-order valence-corrected chi connectivity index (χ3v) is 0.933. The third kappa shape index (κ3) is 8.11. The Morgan fingerprint density at radius 1 is 1.44 bits per heavy atom. The zero-order chi connectivity index (χ0) is 7.11. The summed E-state index contributed by atoms with van der Waals surface area (Å²) < 4.78 is 27.1. The van der Waals surface area contributed by atoms with Gasteiger partial charge in [-0.3, -0.25) is 0 Å². The first-order valence-corrected chi connectivity index (χ1v) is 3.22. The minimum Gasteiger partial charge on any atom is -0.375 e. The number of hydrogen-bond donors (Lipinski definition) is 0. The molecule has 0 atom stereocenters. The maximum atomic E-state index is 11.3. The van der Waals surface area contributed by atoms with E-state index in [0.29, 0.717) is 18.9 Å². The summed E-state index contributed by atoms with van der Waals surface area (Å²) >= 11 is 5.25. The maximum Gasteiger partial charge on any atom is 0.261 e. The molecule has 0 aliphatic carbocycles. The van der Waals surface area contributed by atoms with E-state index >= 15 is 0 Å². The standard InChI is InChI=1S/C5H9ClF2O/c6-2-1-3-9-4-5(7)8/h5H,1-4H2. The van der Waals surface area contributed by atoms with Crippen LogP contribution in [0.15, 0.2) is 0 Å². The van der Waals surface area contributed by atoms with Gasteiger partial charge in [-0.15, -0.1) is 11.6 Å². The van der Waals surface area contributed by atoms with E-state index in [1.807, 2.05) is 0 Å². The Labute approximate surface area is 57.9 Å². The van der Waals surface area contributed by atoms with Gasteiger partial charge in [0.25, 0.3) is 6.43 Å². The SMILES string of the molecule is FC(F)COCCCCl. The van der Waals surface area contributed by atoms with Gasteiger partial charge in [0, 0.05) is 12.5 Å². The molecular weight excluding hydrogens is 150 g/mol. The Balaban J connectivity index is 2.75. The molecule has 0 spiro atoms. The molecule has 4 heteroatoms. The van der Waals surface area contributed by atoms with Crippen LogP contribution in [0.4, 0.5) is 8.78 Å². The fourth-order valence-corrected chi connectivity index (χ4v) is 0.438. The van der Waals surface area contributed by atoms with Crippen LogP contribution >= 0.6 is 11.6 Å². The van der Waals surface area contributed by atoms with Crippen LogP contribution in [0.5, 0.6) is 0 Å². The van der Waals surface area contributed by atoms with Gasteiger partial charge >= 0.3 is 0 Å². The van der Waals surface area contributed by atoms with Gasteiger partial charge in [-0.1, -0.05) is 0 Å². The Morgan fingerprint density at radius 3 is 2.56 bits per heavy atom. The molecule has 0 bridgehead atoms. The zero-order valence-electron chi connectivity index (χ0n) is 4.95. The predicted molar refractivity (Wildman–Crippen MR) is 32.2 cm³/mol. The maximum absolute atomic E-state index is 11.3. The Hall–Kier alpha value is 0.110. The molecule has 1 nitrogen and oxygen atoms in total. The van der Waals surface area contributed by atoms with Crippen molar-refractivity contribution in [2.75, 3.05) is 19.1 Å². The fourth-order valence-electron chi connectivity index (χ4n) is 0.329. The molecule has 0 aromatic heterocycles. The summed E-state index contributed by atoms with van der Waals surface area (Å²) in [5.41, 5.74) is 0. The highest BCUT2D eigenvalue weighted by Crippen LogP contribution is 1.93. The van der Waals surface area contributed by atoms with Gasteiger partial charge in [-0.2, -0.15) is 0 Å². The number of halogens is 3. The van der Waals surface area contributed by atoms with E-state index in [4.69, 9.17) is 11.6 Å². The van der Waals surface area contributed by atoms with E-state index in [9.17, 15) is 8.78 Å². The van der Waals surface area contributed by atoms with Gasteiger partial charge < -0.3 is 4.74 Å². The molecule has 0 saturated heterocycles. The summed E-state index contributed by atoms with van der Waals surface area (Å²) in [6.07, 6.45) is -1.73. The van der Waals surface area contributed by atoms with Gasteiger partial charge in [-0.05, 0) is 6.42 Å². The van der Waals surface area contributed by atoms with Crippen molar-refractivity contribution >= 4 is 11.6 Å². The topological polar surface area (TPSA) is 9.23 Å². The second-order valence-corrected chi connectivity index (χ2v) is 1.89. The molecule has 0 rings (SSSR count). The molecule has 0 aliphatic heterocycles. The first kappa shape index (κ1) is 9.11. The molecule has 0 saturated carbocycles. The van der Waals surface area contributed by atoms with Crippen LogP contribution in [0.2, 0.25) is 0 Å². The summed E-state index contributed by atoms with van der Waals surface area (Å²) in [4.78, 5) is 0. The van der Waals surface area contributed by atoms with Crippen molar-refractivity contribution in [2.45, 2.75) is 12.8 Å². The Bertz CT molecular complexity index is 60.9. The van der Waals surface area contributed by atoms with Crippen molar-refractivity contribution in [1.29, 1.82) is 0 Å². The number of ether oxygens (including phenoxy) is 1. The smallest absolute Gasteiger partial charge is 0.261 e. The number of hydrogen-bond acceptors (Lipinski definition) is 1. The molecule has 0 amide bonds. The van der Waals surface area contributed by atoms with Crippen molar-refractivity contribution in [1.82, 2.24) is 0 Å². The van der Waals surface area contributed by atoms with Crippen molar-refractivity contribution in [2.24, 2.45) is 0 Å². The van der Waals surface area contributed by atoms with Crippen molar-refractivity contribution in [3.8, 4) is 0 Å². The van der Waals surface area contributed by atoms with E-state index < -0.39 is 13.0 Å². The molecule has 0 heterocycles. The second kappa shape index (κ2) is 6.23. The van der Waals surface area contributed by atoms with E-state index in [0.717, 1.165) is 0 Å². The Morgan fingerprint density at radius 2 is 2.11 bits per heavy atom. The molecule has 0 aromatic carbocycles. The lowest BCUT2D eigenvalue weighted by Crippen LogP contribution is -2.05. The molecule has 0 fully saturated rings. The van der Waals surface area contributed by atoms with Gasteiger partial charge in [0.2, 0.25) is 0 Å². The number of alkyl halides is 3. The van der Waals surface area contributed by atoms with Crippen LogP contribution in [0.1, 0.15) is 6.42 Å². The first-order valence-electron chi connectivity index (χ1n) is 2.69. The average molecular weight is 159 g/mol. The molecule has 56 valence electrons. The van der Waals surface area contributed by atoms with Crippen molar-refractivity contribution in [3.05, 3.63) is 0 Å². The molecule has 0 aromatic rings. The van der Waals surface area contributed by atoms with Gasteiger partial charge in [0.1, 0.15) is 6.61 Å². The van der Waals surface area contributed by atoms with Crippen molar-refractivity contribution in [3.63, 3.8) is 0 Å². The van der Waals surface area contributed by atoms with Gasteiger partial charge in [-0.25, -0.2) is 8.78 Å². The summed E-state index contributed by atoms with van der Waals surface area (Å²) in [6.45, 7) is -0.148. The molecule has 9 heavy (non-hydrogen) atoms. The van der Waals surface area contributed by atoms with E-state index in [2.05, 4.69) is 4.74 Å². The summed E-state index contributed by atoms with van der Waals surface area (Å²) in [7, 11) is 0. The molecule has 0 radical (unpaired) electrons. The van der Waals surface area contributed by atoms with Gasteiger partial charge in [0.15, 0.2) is 0 Å². The molecule has 0 N–H and O–H groups in total. The highest BCUT2D eigenvalue weighted by molar-refractivity contribution is 6.17. The highest BCUT2D eigenvalue weighted by atomic mass is 35.5. The Kier molecular flexibility index (Phi) is 6.31. The van der Waals surface area contributed by atoms with Crippen LogP contribution in [-0.4, -0.2) is 25.5 Å². The molecular formula is C5H9ClF2O. The summed E-state index contributed by atoms with van der Waals surface area (Å²) in [6, 6.07) is 0. The highest BCUT2D eigenvalue weighted by Gasteiger charge is 1.99. The van der Waals surface area contributed by atoms with Crippen LogP contribution in [-0.2, 0) is 4.74 Å². The fraction of sp³-hybridized carbons (Fsp3) is 1.00. The monoisotopic (exact) mass is 158 g/mol. The lowest BCUT2D eigenvalue weighted by molar-refractivity contribution is 0.0180. The van der Waals surface area contributed by atoms with E-state index in [1.165, 1.54) is 0 Å². The van der Waals surface area contributed by atoms with Gasteiger partial charge in [0.05, 0.1) is 0 Å². The van der Waals surface area contributed by atoms with E-state index in [1.54, 1.807) is 0 Å². The molecule has 0 aliphatic rings. The molecule has 0 unspecified atom stereocenters. The first-order chi connectivity index (χ1) is 4.27. The van der Waals surface area contributed by atoms with Crippen LogP contribution < -0.4 is 0 Å². The minimum absolute atomic E-state index is 0.327. The third-order valence-electron chi connectivity index (χ3n) is 0.666. The van der Waals surface area contributed by atoms with Crippen molar-refractivity contribution < 1.29 is 13.5 Å². The van der Waals surface area contributed by atoms with Crippen LogP contribution in [0, 0.1) is 0 Å². The van der Waals surface area contributed by atoms with E-state index in [-0.39, 0.29) is 0 Å². The lowest BCUT2D eigenvalue weighted by Gasteiger charge is -1.99. The van der Waals surface area contributed by atoms with Crippen LogP contribution in [0.25, 0.3) is 0 Å². The lowest BCUT2D eigenvalue weighted by atomic mass is 10.5.